The topological polar surface area (TPSA) is 41.1 Å². The summed E-state index contributed by atoms with van der Waals surface area (Å²) < 4.78 is 37.3. The Morgan fingerprint density at radius 1 is 1.33 bits per heavy atom. The molecule has 18 heavy (non-hydrogen) atoms. The van der Waals surface area contributed by atoms with E-state index in [0.717, 1.165) is 12.1 Å². The van der Waals surface area contributed by atoms with Crippen LogP contribution in [0.5, 0.6) is 0 Å². The molecule has 0 spiro atoms. The van der Waals surface area contributed by atoms with Gasteiger partial charge in [-0.25, -0.2) is 4.79 Å². The number of rotatable bonds is 3. The normalized spacial score (nSPS) is 11.4. The number of carbonyl (C=O) groups is 1. The zero-order chi connectivity index (χ0) is 13.8. The van der Waals surface area contributed by atoms with Crippen LogP contribution in [0.4, 0.5) is 23.7 Å². The van der Waals surface area contributed by atoms with Crippen LogP contribution in [0, 0.1) is 5.92 Å². The van der Waals surface area contributed by atoms with Gasteiger partial charge < -0.3 is 10.6 Å². The molecule has 2 amide bonds. The molecule has 0 aliphatic heterocycles. The lowest BCUT2D eigenvalue weighted by atomic mass is 10.2. The maximum Gasteiger partial charge on any atom is 0.416 e. The van der Waals surface area contributed by atoms with E-state index in [9.17, 15) is 18.0 Å². The van der Waals surface area contributed by atoms with Crippen LogP contribution in [-0.4, -0.2) is 12.6 Å². The standard InChI is InChI=1S/C12H15F3N2O/c1-8(2)7-16-11(18)17-10-5-3-4-9(6-10)12(13,14)15/h3-6,8H,7H2,1-2H3,(H2,16,17,18). The minimum absolute atomic E-state index is 0.117. The number of hydrogen-bond acceptors (Lipinski definition) is 1. The summed E-state index contributed by atoms with van der Waals surface area (Å²) in [7, 11) is 0. The average molecular weight is 260 g/mol. The van der Waals surface area contributed by atoms with Crippen molar-refractivity contribution in [3.8, 4) is 0 Å². The van der Waals surface area contributed by atoms with Crippen molar-refractivity contribution < 1.29 is 18.0 Å². The SMILES string of the molecule is CC(C)CNC(=O)Nc1cccc(C(F)(F)F)c1. The van der Waals surface area contributed by atoms with Crippen LogP contribution < -0.4 is 10.6 Å². The second kappa shape index (κ2) is 5.75. The lowest BCUT2D eigenvalue weighted by molar-refractivity contribution is -0.137. The highest BCUT2D eigenvalue weighted by atomic mass is 19.4. The number of anilines is 1. The summed E-state index contributed by atoms with van der Waals surface area (Å²) in [6.45, 7) is 4.31. The maximum atomic E-state index is 12.4. The maximum absolute atomic E-state index is 12.4. The molecule has 0 aromatic heterocycles. The van der Waals surface area contributed by atoms with Crippen LogP contribution in [-0.2, 0) is 6.18 Å². The summed E-state index contributed by atoms with van der Waals surface area (Å²) in [5, 5.41) is 4.92. The van der Waals surface area contributed by atoms with E-state index >= 15 is 0 Å². The van der Waals surface area contributed by atoms with Crippen molar-refractivity contribution in [2.45, 2.75) is 20.0 Å². The minimum Gasteiger partial charge on any atom is -0.338 e. The van der Waals surface area contributed by atoms with Gasteiger partial charge in [0.25, 0.3) is 0 Å². The molecule has 0 heterocycles. The molecule has 0 saturated heterocycles. The number of hydrogen-bond donors (Lipinski definition) is 2. The lowest BCUT2D eigenvalue weighted by Gasteiger charge is -2.11. The van der Waals surface area contributed by atoms with E-state index in [1.807, 2.05) is 13.8 Å². The van der Waals surface area contributed by atoms with Crippen LogP contribution in [0.3, 0.4) is 0 Å². The fourth-order valence-corrected chi connectivity index (χ4v) is 1.25. The molecule has 3 nitrogen and oxygen atoms in total. The first kappa shape index (κ1) is 14.3. The number of nitrogens with one attached hydrogen (secondary N) is 2. The average Bonchev–Trinajstić information content (AvgIpc) is 2.25. The Kier molecular flexibility index (Phi) is 4.58. The summed E-state index contributed by atoms with van der Waals surface area (Å²) in [6.07, 6.45) is -4.41. The van der Waals surface area contributed by atoms with E-state index in [0.29, 0.717) is 6.54 Å². The van der Waals surface area contributed by atoms with Gasteiger partial charge in [0.05, 0.1) is 5.56 Å². The smallest absolute Gasteiger partial charge is 0.338 e. The molecule has 0 bridgehead atoms. The molecule has 1 rings (SSSR count). The Hall–Kier alpha value is -1.72. The van der Waals surface area contributed by atoms with Gasteiger partial charge in [-0.15, -0.1) is 0 Å². The van der Waals surface area contributed by atoms with E-state index in [1.165, 1.54) is 12.1 Å². The summed E-state index contributed by atoms with van der Waals surface area (Å²) >= 11 is 0. The van der Waals surface area contributed by atoms with Gasteiger partial charge in [-0.2, -0.15) is 13.2 Å². The van der Waals surface area contributed by atoms with E-state index < -0.39 is 17.8 Å². The number of amides is 2. The van der Waals surface area contributed by atoms with Gasteiger partial charge in [0.2, 0.25) is 0 Å². The Morgan fingerprint density at radius 3 is 2.56 bits per heavy atom. The molecule has 0 aliphatic rings. The van der Waals surface area contributed by atoms with Gasteiger partial charge in [-0.3, -0.25) is 0 Å². The predicted octanol–water partition coefficient (Wildman–Crippen LogP) is 3.48. The second-order valence-corrected chi connectivity index (χ2v) is 4.31. The van der Waals surface area contributed by atoms with Crippen LogP contribution in [0.25, 0.3) is 0 Å². The van der Waals surface area contributed by atoms with Crippen LogP contribution in [0.2, 0.25) is 0 Å². The molecule has 2 N–H and O–H groups in total. The molecule has 0 saturated carbocycles. The summed E-state index contributed by atoms with van der Waals surface area (Å²) in [6, 6.07) is 4.00. The molecule has 1 aromatic carbocycles. The number of alkyl halides is 3. The first-order valence-corrected chi connectivity index (χ1v) is 5.51. The molecule has 1 aromatic rings. The van der Waals surface area contributed by atoms with E-state index in [1.54, 1.807) is 0 Å². The summed E-state index contributed by atoms with van der Waals surface area (Å²) in [5.74, 6) is 0.275. The Bertz CT molecular complexity index is 416. The Morgan fingerprint density at radius 2 is 2.00 bits per heavy atom. The zero-order valence-electron chi connectivity index (χ0n) is 10.1. The van der Waals surface area contributed by atoms with Crippen molar-refractivity contribution in [1.29, 1.82) is 0 Å². The van der Waals surface area contributed by atoms with Crippen LogP contribution in [0.1, 0.15) is 19.4 Å². The fraction of sp³-hybridized carbons (Fsp3) is 0.417. The first-order valence-electron chi connectivity index (χ1n) is 5.51. The third-order valence-electron chi connectivity index (χ3n) is 2.12. The lowest BCUT2D eigenvalue weighted by Crippen LogP contribution is -2.31. The Labute approximate surface area is 103 Å². The minimum atomic E-state index is -4.41. The first-order chi connectivity index (χ1) is 8.29. The molecule has 0 atom stereocenters. The summed E-state index contributed by atoms with van der Waals surface area (Å²) in [4.78, 5) is 11.4. The van der Waals surface area contributed by atoms with Crippen molar-refractivity contribution in [2.24, 2.45) is 5.92 Å². The van der Waals surface area contributed by atoms with Gasteiger partial charge in [-0.1, -0.05) is 19.9 Å². The molecule has 6 heteroatoms. The fourth-order valence-electron chi connectivity index (χ4n) is 1.25. The highest BCUT2D eigenvalue weighted by Gasteiger charge is 2.30. The van der Waals surface area contributed by atoms with Gasteiger partial charge in [0, 0.05) is 12.2 Å². The van der Waals surface area contributed by atoms with Crippen molar-refractivity contribution in [1.82, 2.24) is 5.32 Å². The summed E-state index contributed by atoms with van der Waals surface area (Å²) in [5.41, 5.74) is -0.671. The predicted molar refractivity (Wildman–Crippen MR) is 63.3 cm³/mol. The van der Waals surface area contributed by atoms with E-state index in [2.05, 4.69) is 10.6 Å². The van der Waals surface area contributed by atoms with Gasteiger partial charge >= 0.3 is 12.2 Å². The monoisotopic (exact) mass is 260 g/mol. The quantitative estimate of drug-likeness (QED) is 0.858. The van der Waals surface area contributed by atoms with Crippen LogP contribution >= 0.6 is 0 Å². The number of carbonyl (C=O) groups excluding carboxylic acids is 1. The number of halogens is 3. The molecule has 0 unspecified atom stereocenters. The largest absolute Gasteiger partial charge is 0.416 e. The van der Waals surface area contributed by atoms with Crippen molar-refractivity contribution in [2.75, 3.05) is 11.9 Å². The molecule has 0 aliphatic carbocycles. The van der Waals surface area contributed by atoms with Crippen molar-refractivity contribution >= 4 is 11.7 Å². The van der Waals surface area contributed by atoms with Gasteiger partial charge in [0.1, 0.15) is 0 Å². The number of benzene rings is 1. The van der Waals surface area contributed by atoms with Crippen molar-refractivity contribution in [3.63, 3.8) is 0 Å². The van der Waals surface area contributed by atoms with Gasteiger partial charge in [0.15, 0.2) is 0 Å². The second-order valence-electron chi connectivity index (χ2n) is 4.31. The zero-order valence-corrected chi connectivity index (χ0v) is 10.1. The number of urea groups is 1. The third-order valence-corrected chi connectivity index (χ3v) is 2.12. The molecule has 0 fully saturated rings. The van der Waals surface area contributed by atoms with E-state index in [4.69, 9.17) is 0 Å². The van der Waals surface area contributed by atoms with Crippen molar-refractivity contribution in [3.05, 3.63) is 29.8 Å². The van der Waals surface area contributed by atoms with Gasteiger partial charge in [-0.05, 0) is 24.1 Å². The third kappa shape index (κ3) is 4.65. The Balaban J connectivity index is 2.65. The molecule has 100 valence electrons. The highest BCUT2D eigenvalue weighted by Crippen LogP contribution is 2.30. The molecular formula is C12H15F3N2O. The molecular weight excluding hydrogens is 245 g/mol. The van der Waals surface area contributed by atoms with E-state index in [-0.39, 0.29) is 11.6 Å². The van der Waals surface area contributed by atoms with Crippen LogP contribution in [0.15, 0.2) is 24.3 Å². The molecule has 0 radical (unpaired) electrons. The highest BCUT2D eigenvalue weighted by molar-refractivity contribution is 5.89.